The van der Waals surface area contributed by atoms with E-state index in [9.17, 15) is 9.59 Å². The molecule has 0 radical (unpaired) electrons. The fourth-order valence-electron chi connectivity index (χ4n) is 4.02. The van der Waals surface area contributed by atoms with Gasteiger partial charge in [-0.2, -0.15) is 0 Å². The molecule has 0 bridgehead atoms. The highest BCUT2D eigenvalue weighted by molar-refractivity contribution is 5.78. The Balaban J connectivity index is 1.32. The van der Waals surface area contributed by atoms with E-state index in [1.165, 1.54) is 0 Å². The number of hydrogen-bond donors (Lipinski definition) is 2. The highest BCUT2D eigenvalue weighted by atomic mass is 16.5. The van der Waals surface area contributed by atoms with Crippen molar-refractivity contribution in [2.24, 2.45) is 5.92 Å². The van der Waals surface area contributed by atoms with Crippen LogP contribution in [0, 0.1) is 5.92 Å². The summed E-state index contributed by atoms with van der Waals surface area (Å²) in [5, 5.41) is 6.12. The largest absolute Gasteiger partial charge is 0.497 e. The third-order valence-corrected chi connectivity index (χ3v) is 5.84. The van der Waals surface area contributed by atoms with Crippen LogP contribution < -0.4 is 15.4 Å². The summed E-state index contributed by atoms with van der Waals surface area (Å²) in [7, 11) is 1.65. The quantitative estimate of drug-likeness (QED) is 0.700. The Labute approximate surface area is 177 Å². The van der Waals surface area contributed by atoms with Crippen LogP contribution >= 0.6 is 0 Å². The van der Waals surface area contributed by atoms with Gasteiger partial charge in [0, 0.05) is 26.1 Å². The van der Waals surface area contributed by atoms with Crippen LogP contribution in [0.2, 0.25) is 0 Å². The Bertz CT molecular complexity index is 893. The van der Waals surface area contributed by atoms with Gasteiger partial charge in [0.1, 0.15) is 5.75 Å². The number of urea groups is 1. The predicted molar refractivity (Wildman–Crippen MR) is 115 cm³/mol. The number of benzene rings is 2. The molecule has 2 fully saturated rings. The molecule has 1 atom stereocenters. The second-order valence-electron chi connectivity index (χ2n) is 8.15. The number of hydrogen-bond acceptors (Lipinski definition) is 3. The number of carbonyl (C=O) groups excluding carboxylic acids is 2. The zero-order valence-electron chi connectivity index (χ0n) is 17.4. The van der Waals surface area contributed by atoms with E-state index >= 15 is 0 Å². The van der Waals surface area contributed by atoms with Crippen molar-refractivity contribution < 1.29 is 14.3 Å². The number of likely N-dealkylation sites (tertiary alicyclic amines) is 1. The molecule has 2 aliphatic rings. The van der Waals surface area contributed by atoms with Crippen LogP contribution in [0.1, 0.15) is 48.4 Å². The second kappa shape index (κ2) is 9.20. The number of nitrogens with zero attached hydrogens (tertiary/aromatic N) is 1. The molecule has 158 valence electrons. The van der Waals surface area contributed by atoms with Crippen LogP contribution in [0.15, 0.2) is 48.5 Å². The van der Waals surface area contributed by atoms with Gasteiger partial charge in [0.05, 0.1) is 13.2 Å². The van der Waals surface area contributed by atoms with Crippen molar-refractivity contribution in [3.8, 4) is 5.75 Å². The Morgan fingerprint density at radius 1 is 1.17 bits per heavy atom. The Morgan fingerprint density at radius 2 is 1.93 bits per heavy atom. The lowest BCUT2D eigenvalue weighted by molar-refractivity contribution is -0.128. The van der Waals surface area contributed by atoms with Gasteiger partial charge in [-0.05, 0) is 54.0 Å². The van der Waals surface area contributed by atoms with E-state index in [1.54, 1.807) is 7.11 Å². The summed E-state index contributed by atoms with van der Waals surface area (Å²) in [6.07, 6.45) is 3.86. The van der Waals surface area contributed by atoms with Gasteiger partial charge in [-0.1, -0.05) is 36.4 Å². The molecule has 1 heterocycles. The third-order valence-electron chi connectivity index (χ3n) is 5.84. The lowest BCUT2D eigenvalue weighted by Gasteiger charge is -2.20. The highest BCUT2D eigenvalue weighted by Crippen LogP contribution is 2.41. The molecule has 1 unspecified atom stereocenters. The van der Waals surface area contributed by atoms with Gasteiger partial charge in [0.25, 0.3) is 0 Å². The molecule has 4 rings (SSSR count). The number of rotatable bonds is 8. The maximum absolute atomic E-state index is 12.6. The zero-order valence-corrected chi connectivity index (χ0v) is 17.4. The van der Waals surface area contributed by atoms with Crippen LogP contribution in [0.3, 0.4) is 0 Å². The number of amides is 3. The molecule has 6 nitrogen and oxygen atoms in total. The molecule has 3 amide bonds. The Morgan fingerprint density at radius 3 is 2.60 bits per heavy atom. The van der Waals surface area contributed by atoms with Gasteiger partial charge in [-0.3, -0.25) is 4.79 Å². The van der Waals surface area contributed by atoms with Gasteiger partial charge >= 0.3 is 6.03 Å². The Kier molecular flexibility index (Phi) is 6.21. The number of nitrogens with one attached hydrogen (secondary N) is 2. The molecule has 1 aliphatic carbocycles. The van der Waals surface area contributed by atoms with Crippen LogP contribution in [-0.2, 0) is 17.9 Å². The first-order valence-corrected chi connectivity index (χ1v) is 10.7. The van der Waals surface area contributed by atoms with Gasteiger partial charge in [0.2, 0.25) is 5.91 Å². The zero-order chi connectivity index (χ0) is 20.9. The summed E-state index contributed by atoms with van der Waals surface area (Å²) in [5.41, 5.74) is 3.23. The SMILES string of the molecule is COc1ccc(C(NC(=O)NCc2cccc(CN3CCCC3=O)c2)C2CC2)cc1. The molecule has 2 aromatic carbocycles. The molecule has 6 heteroatoms. The standard InChI is InChI=1S/C24H29N3O3/c1-30-21-11-9-20(10-12-21)23(19-7-8-19)26-24(29)25-15-17-4-2-5-18(14-17)16-27-13-3-6-22(27)28/h2,4-5,9-12,14,19,23H,3,6-8,13,15-16H2,1H3,(H2,25,26,29). The maximum Gasteiger partial charge on any atom is 0.315 e. The van der Waals surface area contributed by atoms with E-state index in [4.69, 9.17) is 4.74 Å². The van der Waals surface area contributed by atoms with Gasteiger partial charge in [-0.25, -0.2) is 4.79 Å². The summed E-state index contributed by atoms with van der Waals surface area (Å²) < 4.78 is 5.23. The van der Waals surface area contributed by atoms with Crippen molar-refractivity contribution in [1.82, 2.24) is 15.5 Å². The van der Waals surface area contributed by atoms with E-state index in [0.717, 1.165) is 48.2 Å². The van der Waals surface area contributed by atoms with Crippen molar-refractivity contribution in [2.45, 2.75) is 44.8 Å². The van der Waals surface area contributed by atoms with Crippen molar-refractivity contribution >= 4 is 11.9 Å². The predicted octanol–water partition coefficient (Wildman–Crippen LogP) is 3.77. The number of methoxy groups -OCH3 is 1. The normalized spacial score (nSPS) is 17.0. The molecule has 30 heavy (non-hydrogen) atoms. The van der Waals surface area contributed by atoms with E-state index in [-0.39, 0.29) is 18.0 Å². The maximum atomic E-state index is 12.6. The minimum atomic E-state index is -0.164. The number of carbonyl (C=O) groups is 2. The van der Waals surface area contributed by atoms with E-state index in [1.807, 2.05) is 47.4 Å². The van der Waals surface area contributed by atoms with E-state index < -0.39 is 0 Å². The molecule has 1 saturated heterocycles. The summed E-state index contributed by atoms with van der Waals surface area (Å²) in [6.45, 7) is 1.92. The minimum absolute atomic E-state index is 0.0171. The lowest BCUT2D eigenvalue weighted by Crippen LogP contribution is -2.38. The third kappa shape index (κ3) is 5.12. The van der Waals surface area contributed by atoms with Gasteiger partial charge in [-0.15, -0.1) is 0 Å². The first-order chi connectivity index (χ1) is 14.6. The number of ether oxygens (including phenoxy) is 1. The van der Waals surface area contributed by atoms with Crippen LogP contribution in [0.25, 0.3) is 0 Å². The molecular weight excluding hydrogens is 378 g/mol. The average Bonchev–Trinajstić information content (AvgIpc) is 3.54. The molecular formula is C24H29N3O3. The van der Waals surface area contributed by atoms with Crippen molar-refractivity contribution in [3.05, 3.63) is 65.2 Å². The molecule has 2 aromatic rings. The summed E-state index contributed by atoms with van der Waals surface area (Å²) in [6, 6.07) is 15.8. The van der Waals surface area contributed by atoms with Crippen molar-refractivity contribution in [2.75, 3.05) is 13.7 Å². The Hall–Kier alpha value is -3.02. The van der Waals surface area contributed by atoms with Gasteiger partial charge < -0.3 is 20.3 Å². The van der Waals surface area contributed by atoms with Gasteiger partial charge in [0.15, 0.2) is 0 Å². The minimum Gasteiger partial charge on any atom is -0.497 e. The van der Waals surface area contributed by atoms with Crippen LogP contribution in [0.4, 0.5) is 4.79 Å². The first kappa shape index (κ1) is 20.3. The summed E-state index contributed by atoms with van der Waals surface area (Å²) >= 11 is 0. The summed E-state index contributed by atoms with van der Waals surface area (Å²) in [5.74, 6) is 1.53. The van der Waals surface area contributed by atoms with E-state index in [2.05, 4.69) is 16.7 Å². The van der Waals surface area contributed by atoms with Crippen LogP contribution in [0.5, 0.6) is 5.75 Å². The van der Waals surface area contributed by atoms with Crippen molar-refractivity contribution in [1.29, 1.82) is 0 Å². The molecule has 1 aliphatic heterocycles. The summed E-state index contributed by atoms with van der Waals surface area (Å²) in [4.78, 5) is 26.3. The monoisotopic (exact) mass is 407 g/mol. The van der Waals surface area contributed by atoms with E-state index in [0.29, 0.717) is 25.4 Å². The smallest absolute Gasteiger partial charge is 0.315 e. The van der Waals surface area contributed by atoms with Crippen LogP contribution in [-0.4, -0.2) is 30.5 Å². The fourth-order valence-corrected chi connectivity index (χ4v) is 4.02. The lowest BCUT2D eigenvalue weighted by atomic mass is 10.0. The highest BCUT2D eigenvalue weighted by Gasteiger charge is 2.33. The topological polar surface area (TPSA) is 70.7 Å². The average molecular weight is 408 g/mol. The molecule has 1 saturated carbocycles. The molecule has 0 aromatic heterocycles. The fraction of sp³-hybridized carbons (Fsp3) is 0.417. The van der Waals surface area contributed by atoms with Crippen molar-refractivity contribution in [3.63, 3.8) is 0 Å². The molecule has 2 N–H and O–H groups in total. The first-order valence-electron chi connectivity index (χ1n) is 10.7. The molecule has 0 spiro atoms. The second-order valence-corrected chi connectivity index (χ2v) is 8.15.